The summed E-state index contributed by atoms with van der Waals surface area (Å²) < 4.78 is 6.29. The molecular weight excluding hydrogens is 442 g/mol. The van der Waals surface area contributed by atoms with Crippen molar-refractivity contribution in [1.82, 2.24) is 0 Å². The molecule has 0 saturated carbocycles. The van der Waals surface area contributed by atoms with E-state index in [1.807, 2.05) is 24.3 Å². The van der Waals surface area contributed by atoms with E-state index < -0.39 is 5.41 Å². The highest BCUT2D eigenvalue weighted by Gasteiger charge is 2.51. The van der Waals surface area contributed by atoms with Gasteiger partial charge in [-0.25, -0.2) is 0 Å². The van der Waals surface area contributed by atoms with Gasteiger partial charge in [0.25, 0.3) is 0 Å². The van der Waals surface area contributed by atoms with Crippen molar-refractivity contribution in [3.8, 4) is 11.1 Å². The fraction of sp³-hybridized carbons (Fsp3) is 0.0606. The lowest BCUT2D eigenvalue weighted by molar-refractivity contribution is 0.659. The minimum absolute atomic E-state index is 0.00949. The van der Waals surface area contributed by atoms with Crippen LogP contribution in [-0.2, 0) is 5.41 Å². The van der Waals surface area contributed by atoms with E-state index in [-0.39, 0.29) is 5.43 Å². The fourth-order valence-corrected chi connectivity index (χ4v) is 6.59. The van der Waals surface area contributed by atoms with Gasteiger partial charge in [0.05, 0.1) is 16.2 Å². The van der Waals surface area contributed by atoms with Crippen molar-refractivity contribution >= 4 is 33.3 Å². The molecule has 0 radical (unpaired) electrons. The van der Waals surface area contributed by atoms with Crippen LogP contribution in [-0.4, -0.2) is 7.05 Å². The number of fused-ring (bicyclic) bond motifs is 11. The molecule has 1 aliphatic heterocycles. The average Bonchev–Trinajstić information content (AvgIpc) is 3.21. The maximum Gasteiger partial charge on any atom is 0.200 e. The Balaban J connectivity index is 1.61. The standard InChI is InChI=1S/C33H21NO2/c1-34-28-15-7-5-13-25(28)33(26-14-6-8-16-29(26)34)24-12-4-2-10-20(24)22-19-31-23(18-27(22)33)32(35)21-11-3-9-17-30(21)36-31/h2-19H,1H3. The van der Waals surface area contributed by atoms with Gasteiger partial charge >= 0.3 is 0 Å². The van der Waals surface area contributed by atoms with Crippen LogP contribution < -0.4 is 10.3 Å². The zero-order valence-corrected chi connectivity index (χ0v) is 19.7. The van der Waals surface area contributed by atoms with E-state index in [1.165, 1.54) is 33.6 Å². The molecule has 8 rings (SSSR count). The first-order chi connectivity index (χ1) is 17.7. The van der Waals surface area contributed by atoms with Crippen LogP contribution in [0.5, 0.6) is 0 Å². The third-order valence-electron chi connectivity index (χ3n) is 8.08. The van der Waals surface area contributed by atoms with Gasteiger partial charge in [-0.3, -0.25) is 4.79 Å². The summed E-state index contributed by atoms with van der Waals surface area (Å²) in [5.74, 6) is 0. The van der Waals surface area contributed by atoms with Crippen LogP contribution in [0.15, 0.2) is 118 Å². The molecule has 2 heterocycles. The Morgan fingerprint density at radius 2 is 1.19 bits per heavy atom. The van der Waals surface area contributed by atoms with Crippen molar-refractivity contribution in [2.24, 2.45) is 0 Å². The Morgan fingerprint density at radius 3 is 1.94 bits per heavy atom. The minimum Gasteiger partial charge on any atom is -0.456 e. The molecule has 1 spiro atoms. The summed E-state index contributed by atoms with van der Waals surface area (Å²) in [6.07, 6.45) is 0. The zero-order chi connectivity index (χ0) is 24.0. The van der Waals surface area contributed by atoms with Gasteiger partial charge in [-0.2, -0.15) is 0 Å². The van der Waals surface area contributed by atoms with E-state index >= 15 is 0 Å². The summed E-state index contributed by atoms with van der Waals surface area (Å²) in [5, 5.41) is 1.23. The monoisotopic (exact) mass is 463 g/mol. The Hall–Kier alpha value is -4.63. The van der Waals surface area contributed by atoms with Crippen LogP contribution in [0.2, 0.25) is 0 Å². The first-order valence-corrected chi connectivity index (χ1v) is 12.2. The molecule has 0 saturated heterocycles. The van der Waals surface area contributed by atoms with Crippen molar-refractivity contribution in [1.29, 1.82) is 0 Å². The topological polar surface area (TPSA) is 33.5 Å². The van der Waals surface area contributed by atoms with Crippen LogP contribution in [0.1, 0.15) is 22.3 Å². The van der Waals surface area contributed by atoms with E-state index in [4.69, 9.17) is 4.42 Å². The second-order valence-electron chi connectivity index (χ2n) is 9.71. The minimum atomic E-state index is -0.530. The predicted molar refractivity (Wildman–Crippen MR) is 145 cm³/mol. The number of hydrogen-bond acceptors (Lipinski definition) is 3. The molecule has 5 aromatic carbocycles. The van der Waals surface area contributed by atoms with E-state index in [2.05, 4.69) is 96.9 Å². The number of hydrogen-bond donors (Lipinski definition) is 0. The molecular formula is C33H21NO2. The molecule has 6 aromatic rings. The van der Waals surface area contributed by atoms with Gasteiger partial charge in [0, 0.05) is 18.4 Å². The summed E-state index contributed by atoms with van der Waals surface area (Å²) in [4.78, 5) is 16.0. The highest BCUT2D eigenvalue weighted by atomic mass is 16.3. The van der Waals surface area contributed by atoms with Crippen molar-refractivity contribution in [2.45, 2.75) is 5.41 Å². The highest BCUT2D eigenvalue weighted by Crippen LogP contribution is 2.62. The lowest BCUT2D eigenvalue weighted by Gasteiger charge is -2.43. The van der Waals surface area contributed by atoms with Crippen LogP contribution >= 0.6 is 0 Å². The molecule has 170 valence electrons. The SMILES string of the molecule is CN1c2ccccc2C2(c3ccccc3-c3cc4oc5ccccc5c(=O)c4cc32)c2ccccc21. The Labute approximate surface area is 207 Å². The summed E-state index contributed by atoms with van der Waals surface area (Å²) in [7, 11) is 2.13. The van der Waals surface area contributed by atoms with E-state index in [0.717, 1.165) is 11.1 Å². The quantitative estimate of drug-likeness (QED) is 0.220. The predicted octanol–water partition coefficient (Wildman–Crippen LogP) is 7.39. The Morgan fingerprint density at radius 1 is 0.583 bits per heavy atom. The van der Waals surface area contributed by atoms with Crippen molar-refractivity contribution in [3.63, 3.8) is 0 Å². The largest absolute Gasteiger partial charge is 0.456 e. The first-order valence-electron chi connectivity index (χ1n) is 12.2. The molecule has 1 aliphatic carbocycles. The van der Waals surface area contributed by atoms with E-state index in [9.17, 15) is 4.79 Å². The van der Waals surface area contributed by atoms with Crippen LogP contribution in [0.25, 0.3) is 33.1 Å². The fourth-order valence-electron chi connectivity index (χ4n) is 6.59. The van der Waals surface area contributed by atoms with Crippen molar-refractivity contribution < 1.29 is 4.42 Å². The molecule has 36 heavy (non-hydrogen) atoms. The lowest BCUT2D eigenvalue weighted by atomic mass is 9.64. The number of anilines is 2. The first kappa shape index (κ1) is 19.7. The number of rotatable bonds is 0. The van der Waals surface area contributed by atoms with Gasteiger partial charge in [-0.05, 0) is 69.8 Å². The second kappa shape index (κ2) is 6.73. The van der Waals surface area contributed by atoms with Gasteiger partial charge in [0.1, 0.15) is 11.2 Å². The normalized spacial score (nSPS) is 14.5. The van der Waals surface area contributed by atoms with E-state index in [0.29, 0.717) is 21.9 Å². The van der Waals surface area contributed by atoms with Crippen LogP contribution in [0, 0.1) is 0 Å². The molecule has 3 nitrogen and oxygen atoms in total. The van der Waals surface area contributed by atoms with Crippen molar-refractivity contribution in [2.75, 3.05) is 11.9 Å². The van der Waals surface area contributed by atoms with Crippen molar-refractivity contribution in [3.05, 3.63) is 142 Å². The molecule has 3 heteroatoms. The maximum atomic E-state index is 13.7. The lowest BCUT2D eigenvalue weighted by Crippen LogP contribution is -2.36. The van der Waals surface area contributed by atoms with Crippen LogP contribution in [0.3, 0.4) is 0 Å². The second-order valence-corrected chi connectivity index (χ2v) is 9.71. The van der Waals surface area contributed by atoms with Gasteiger partial charge in [-0.1, -0.05) is 72.8 Å². The summed E-state index contributed by atoms with van der Waals surface area (Å²) in [5.41, 5.74) is 10.2. The van der Waals surface area contributed by atoms with Gasteiger partial charge in [-0.15, -0.1) is 0 Å². The third kappa shape index (κ3) is 2.21. The Bertz CT molecular complexity index is 1900. The molecule has 0 unspecified atom stereocenters. The zero-order valence-electron chi connectivity index (χ0n) is 19.7. The molecule has 0 N–H and O–H groups in total. The van der Waals surface area contributed by atoms with Gasteiger partial charge in [0.2, 0.25) is 5.43 Å². The number of para-hydroxylation sites is 3. The number of nitrogens with zero attached hydrogens (tertiary/aromatic N) is 1. The van der Waals surface area contributed by atoms with Gasteiger partial charge in [0.15, 0.2) is 0 Å². The van der Waals surface area contributed by atoms with Crippen LogP contribution in [0.4, 0.5) is 11.4 Å². The summed E-state index contributed by atoms with van der Waals surface area (Å²) >= 11 is 0. The summed E-state index contributed by atoms with van der Waals surface area (Å²) in [6.45, 7) is 0. The number of benzene rings is 5. The Kier molecular flexibility index (Phi) is 3.68. The third-order valence-corrected chi connectivity index (χ3v) is 8.08. The molecule has 0 atom stereocenters. The maximum absolute atomic E-state index is 13.7. The smallest absolute Gasteiger partial charge is 0.200 e. The molecule has 0 amide bonds. The van der Waals surface area contributed by atoms with E-state index in [1.54, 1.807) is 0 Å². The summed E-state index contributed by atoms with van der Waals surface area (Å²) in [6, 6.07) is 37.6. The molecule has 0 bridgehead atoms. The molecule has 0 fully saturated rings. The molecule has 1 aromatic heterocycles. The average molecular weight is 464 g/mol. The highest BCUT2D eigenvalue weighted by molar-refractivity contribution is 5.99. The molecule has 2 aliphatic rings. The van der Waals surface area contributed by atoms with Gasteiger partial charge < -0.3 is 9.32 Å².